The molecule has 0 spiro atoms. The number of hydrogen-bond acceptors (Lipinski definition) is 5. The van der Waals surface area contributed by atoms with E-state index in [1.54, 1.807) is 45.2 Å². The van der Waals surface area contributed by atoms with Gasteiger partial charge in [-0.05, 0) is 42.1 Å². The summed E-state index contributed by atoms with van der Waals surface area (Å²) in [7, 11) is 1.62. The number of amides is 1. The van der Waals surface area contributed by atoms with Crippen LogP contribution in [0.3, 0.4) is 0 Å². The maximum atomic E-state index is 13.7. The van der Waals surface area contributed by atoms with Crippen LogP contribution in [0.2, 0.25) is 5.02 Å². The molecule has 0 aliphatic rings. The molecule has 9 heteroatoms. The van der Waals surface area contributed by atoms with Gasteiger partial charge < -0.3 is 10.4 Å². The molecule has 0 bridgehead atoms. The molecule has 0 fully saturated rings. The predicted octanol–water partition coefficient (Wildman–Crippen LogP) is 3.81. The summed E-state index contributed by atoms with van der Waals surface area (Å²) in [6.07, 6.45) is -0.494. The fourth-order valence-electron chi connectivity index (χ4n) is 4.23. The fourth-order valence-corrected chi connectivity index (χ4v) is 4.41. The highest BCUT2D eigenvalue weighted by Crippen LogP contribution is 2.33. The molecule has 0 aliphatic heterocycles. The Morgan fingerprint density at radius 2 is 1.83 bits per heavy atom. The first-order valence-electron chi connectivity index (χ1n) is 11.6. The molecule has 2 aromatic carbocycles. The highest BCUT2D eigenvalue weighted by Gasteiger charge is 2.24. The molecular weight excluding hydrogens is 480 g/mol. The predicted molar refractivity (Wildman–Crippen MR) is 140 cm³/mol. The number of nitrogens with zero attached hydrogens (tertiary/aromatic N) is 3. The van der Waals surface area contributed by atoms with Gasteiger partial charge in [-0.3, -0.25) is 23.6 Å². The molecule has 2 heterocycles. The van der Waals surface area contributed by atoms with Crippen LogP contribution in [0.15, 0.2) is 59.4 Å². The average Bonchev–Trinajstić information content (AvgIpc) is 3.23. The fraction of sp³-hybridized carbons (Fsp3) is 0.259. The van der Waals surface area contributed by atoms with E-state index >= 15 is 0 Å². The minimum atomic E-state index is -0.689. The molecule has 2 aromatic heterocycles. The number of aliphatic hydroxyl groups is 1. The van der Waals surface area contributed by atoms with Crippen molar-refractivity contribution >= 4 is 34.1 Å². The van der Waals surface area contributed by atoms with Crippen LogP contribution in [-0.2, 0) is 13.6 Å². The van der Waals surface area contributed by atoms with E-state index in [-0.39, 0.29) is 42.2 Å². The number of pyridine rings is 1. The van der Waals surface area contributed by atoms with Crippen LogP contribution in [0.1, 0.15) is 46.9 Å². The first-order valence-corrected chi connectivity index (χ1v) is 12.0. The number of carbonyl (C=O) groups excluding carboxylic acids is 2. The van der Waals surface area contributed by atoms with Crippen LogP contribution in [0.25, 0.3) is 21.9 Å². The lowest BCUT2D eigenvalue weighted by Gasteiger charge is -2.19. The summed E-state index contributed by atoms with van der Waals surface area (Å²) in [6.45, 7) is 3.42. The lowest BCUT2D eigenvalue weighted by Crippen LogP contribution is -2.31. The molecular formula is C27H27ClN4O4. The van der Waals surface area contributed by atoms with Crippen LogP contribution < -0.4 is 10.9 Å². The van der Waals surface area contributed by atoms with Crippen LogP contribution in [0, 0.1) is 0 Å². The van der Waals surface area contributed by atoms with Gasteiger partial charge in [0.1, 0.15) is 5.69 Å². The van der Waals surface area contributed by atoms with Gasteiger partial charge in [0.2, 0.25) is 0 Å². The average molecular weight is 507 g/mol. The molecule has 4 rings (SSSR count). The Kier molecular flexibility index (Phi) is 7.37. The molecule has 8 nitrogen and oxygen atoms in total. The second kappa shape index (κ2) is 10.5. The maximum Gasteiger partial charge on any atom is 0.269 e. The van der Waals surface area contributed by atoms with Crippen molar-refractivity contribution < 1.29 is 14.7 Å². The van der Waals surface area contributed by atoms with E-state index in [0.29, 0.717) is 27.1 Å². The van der Waals surface area contributed by atoms with Crippen LogP contribution in [0.4, 0.5) is 0 Å². The summed E-state index contributed by atoms with van der Waals surface area (Å²) in [5.74, 6) is -0.592. The number of halogens is 1. The Morgan fingerprint density at radius 1 is 1.11 bits per heavy atom. The number of nitrogens with one attached hydrogen (secondary N) is 1. The van der Waals surface area contributed by atoms with Crippen molar-refractivity contribution in [2.75, 3.05) is 6.54 Å². The topological polar surface area (TPSA) is 106 Å². The number of carbonyl (C=O) groups is 2. The van der Waals surface area contributed by atoms with Gasteiger partial charge in [0.05, 0.1) is 24.0 Å². The van der Waals surface area contributed by atoms with Crippen molar-refractivity contribution in [1.29, 1.82) is 0 Å². The first-order chi connectivity index (χ1) is 17.2. The first kappa shape index (κ1) is 25.3. The quantitative estimate of drug-likeness (QED) is 0.353. The molecule has 2 N–H and O–H groups in total. The number of aromatic nitrogens is 3. The van der Waals surface area contributed by atoms with Crippen molar-refractivity contribution in [2.45, 2.75) is 32.9 Å². The van der Waals surface area contributed by atoms with E-state index in [1.165, 1.54) is 9.25 Å². The van der Waals surface area contributed by atoms with E-state index in [2.05, 4.69) is 10.4 Å². The number of ketones is 1. The molecule has 1 amide bonds. The van der Waals surface area contributed by atoms with Gasteiger partial charge >= 0.3 is 0 Å². The van der Waals surface area contributed by atoms with Crippen molar-refractivity contribution in [3.8, 4) is 11.1 Å². The Bertz CT molecular complexity index is 1510. The number of fused-ring (bicyclic) bond motifs is 1. The van der Waals surface area contributed by atoms with E-state index in [0.717, 1.165) is 5.56 Å². The van der Waals surface area contributed by atoms with E-state index in [9.17, 15) is 19.5 Å². The standard InChI is InChI=1S/C27H27ClN4O4/c1-4-23(34)25-24(17-8-6-5-7-9-17)21-12-18(28)10-11-20(21)27(36)32(25)15-19-13-22(31(3)30-19)26(35)29-14-16(2)33/h5-13,16,33H,4,14-15H2,1-3H3,(H,29,35). The van der Waals surface area contributed by atoms with Gasteiger partial charge in [-0.15, -0.1) is 0 Å². The van der Waals surface area contributed by atoms with Gasteiger partial charge in [-0.1, -0.05) is 48.9 Å². The monoisotopic (exact) mass is 506 g/mol. The van der Waals surface area contributed by atoms with Crippen molar-refractivity contribution in [3.63, 3.8) is 0 Å². The molecule has 0 saturated heterocycles. The Labute approximate surface area is 213 Å². The summed E-state index contributed by atoms with van der Waals surface area (Å²) < 4.78 is 2.85. The highest BCUT2D eigenvalue weighted by molar-refractivity contribution is 6.31. The number of Topliss-reactive ketones (excluding diaryl/α,β-unsaturated/α-hetero) is 1. The minimum Gasteiger partial charge on any atom is -0.392 e. The summed E-state index contributed by atoms with van der Waals surface area (Å²) in [6, 6.07) is 16.0. The highest BCUT2D eigenvalue weighted by atomic mass is 35.5. The molecule has 1 unspecified atom stereocenters. The summed E-state index contributed by atoms with van der Waals surface area (Å²) in [5, 5.41) is 18.0. The summed E-state index contributed by atoms with van der Waals surface area (Å²) >= 11 is 6.30. The SMILES string of the molecule is CCC(=O)c1c(-c2ccccc2)c2cc(Cl)ccc2c(=O)n1Cc1cc(C(=O)NCC(C)O)n(C)n1. The van der Waals surface area contributed by atoms with Gasteiger partial charge in [-0.25, -0.2) is 0 Å². The Hall–Kier alpha value is -3.75. The molecule has 186 valence electrons. The van der Waals surface area contributed by atoms with Crippen molar-refractivity contribution in [2.24, 2.45) is 7.05 Å². The number of aryl methyl sites for hydroxylation is 1. The third-order valence-electron chi connectivity index (χ3n) is 5.92. The zero-order valence-electron chi connectivity index (χ0n) is 20.3. The molecule has 0 radical (unpaired) electrons. The van der Waals surface area contributed by atoms with Gasteiger partial charge in [0, 0.05) is 36.0 Å². The number of hydrogen-bond donors (Lipinski definition) is 2. The van der Waals surface area contributed by atoms with Crippen LogP contribution in [-0.4, -0.2) is 43.8 Å². The van der Waals surface area contributed by atoms with Gasteiger partial charge in [-0.2, -0.15) is 5.10 Å². The van der Waals surface area contributed by atoms with Crippen molar-refractivity contribution in [3.05, 3.63) is 87.1 Å². The van der Waals surface area contributed by atoms with Gasteiger partial charge in [0.25, 0.3) is 11.5 Å². The summed E-state index contributed by atoms with van der Waals surface area (Å²) in [5.41, 5.74) is 2.07. The number of benzene rings is 2. The summed E-state index contributed by atoms with van der Waals surface area (Å²) in [4.78, 5) is 39.6. The third kappa shape index (κ3) is 4.96. The lowest BCUT2D eigenvalue weighted by atomic mass is 9.94. The number of rotatable bonds is 8. The third-order valence-corrected chi connectivity index (χ3v) is 6.16. The van der Waals surface area contributed by atoms with Gasteiger partial charge in [0.15, 0.2) is 5.78 Å². The normalized spacial score (nSPS) is 12.0. The smallest absolute Gasteiger partial charge is 0.269 e. The zero-order valence-corrected chi connectivity index (χ0v) is 21.0. The van der Waals surface area contributed by atoms with Crippen LogP contribution >= 0.6 is 11.6 Å². The lowest BCUT2D eigenvalue weighted by molar-refractivity contribution is 0.0914. The second-order valence-electron chi connectivity index (χ2n) is 8.65. The Balaban J connectivity index is 1.92. The van der Waals surface area contributed by atoms with Crippen molar-refractivity contribution in [1.82, 2.24) is 19.7 Å². The van der Waals surface area contributed by atoms with E-state index < -0.39 is 12.0 Å². The Morgan fingerprint density at radius 3 is 2.50 bits per heavy atom. The zero-order chi connectivity index (χ0) is 26.0. The second-order valence-corrected chi connectivity index (χ2v) is 9.09. The maximum absolute atomic E-state index is 13.7. The molecule has 36 heavy (non-hydrogen) atoms. The molecule has 4 aromatic rings. The molecule has 1 atom stereocenters. The molecule has 0 saturated carbocycles. The van der Waals surface area contributed by atoms with Crippen LogP contribution in [0.5, 0.6) is 0 Å². The largest absolute Gasteiger partial charge is 0.392 e. The van der Waals surface area contributed by atoms with E-state index in [4.69, 9.17) is 11.6 Å². The van der Waals surface area contributed by atoms with E-state index in [1.807, 2.05) is 30.3 Å². The number of aliphatic hydroxyl groups excluding tert-OH is 1. The minimum absolute atomic E-state index is 0.00414. The molecule has 0 aliphatic carbocycles.